The van der Waals surface area contributed by atoms with E-state index in [1.807, 2.05) is 0 Å². The summed E-state index contributed by atoms with van der Waals surface area (Å²) >= 11 is 3.96. The van der Waals surface area contributed by atoms with Crippen molar-refractivity contribution in [1.29, 1.82) is 0 Å². The van der Waals surface area contributed by atoms with Crippen LogP contribution in [-0.4, -0.2) is 80.3 Å². The summed E-state index contributed by atoms with van der Waals surface area (Å²) in [6, 6.07) is -3.82. The van der Waals surface area contributed by atoms with Crippen molar-refractivity contribution < 1.29 is 34.2 Å². The molecule has 3 atom stereocenters. The number of rotatable bonds is 13. The Morgan fingerprint density at radius 1 is 1.07 bits per heavy atom. The smallest absolute Gasteiger partial charge is 0.326 e. The molecule has 0 spiro atoms. The minimum atomic E-state index is -1.35. The van der Waals surface area contributed by atoms with E-state index in [0.717, 1.165) is 0 Å². The predicted octanol–water partition coefficient (Wildman–Crippen LogP) is -2.76. The Morgan fingerprint density at radius 2 is 1.70 bits per heavy atom. The van der Waals surface area contributed by atoms with Crippen LogP contribution in [0.1, 0.15) is 18.5 Å². The van der Waals surface area contributed by atoms with Crippen molar-refractivity contribution >= 4 is 42.3 Å². The van der Waals surface area contributed by atoms with Gasteiger partial charge in [-0.25, -0.2) is 9.78 Å². The molecule has 166 valence electrons. The summed E-state index contributed by atoms with van der Waals surface area (Å²) in [6.45, 7) is -0.367. The van der Waals surface area contributed by atoms with Gasteiger partial charge >= 0.3 is 11.9 Å². The molecule has 0 radical (unpaired) electrons. The van der Waals surface area contributed by atoms with Gasteiger partial charge in [0.25, 0.3) is 0 Å². The molecule has 1 rings (SSSR count). The molecular weight excluding hydrogens is 420 g/mol. The van der Waals surface area contributed by atoms with Gasteiger partial charge in [-0.15, -0.1) is 0 Å². The first kappa shape index (κ1) is 24.9. The Balaban J connectivity index is 2.89. The first-order chi connectivity index (χ1) is 14.2. The second kappa shape index (κ2) is 12.4. The van der Waals surface area contributed by atoms with Gasteiger partial charge in [0.15, 0.2) is 0 Å². The first-order valence-electron chi connectivity index (χ1n) is 8.80. The monoisotopic (exact) mass is 444 g/mol. The van der Waals surface area contributed by atoms with Crippen molar-refractivity contribution in [3.05, 3.63) is 18.2 Å². The average Bonchev–Trinajstić information content (AvgIpc) is 3.20. The Kier molecular flexibility index (Phi) is 10.3. The molecule has 0 bridgehead atoms. The van der Waals surface area contributed by atoms with Crippen LogP contribution in [0.5, 0.6) is 0 Å². The van der Waals surface area contributed by atoms with Crippen LogP contribution in [0.4, 0.5) is 0 Å². The molecule has 0 aliphatic heterocycles. The third-order valence-electron chi connectivity index (χ3n) is 3.89. The lowest BCUT2D eigenvalue weighted by molar-refractivity contribution is -0.143. The van der Waals surface area contributed by atoms with Crippen molar-refractivity contribution in [3.8, 4) is 0 Å². The number of H-pyrrole nitrogens is 1. The molecule has 1 aromatic rings. The second-order valence-corrected chi connectivity index (χ2v) is 6.55. The van der Waals surface area contributed by atoms with Gasteiger partial charge in [-0.05, 0) is 6.42 Å². The zero-order valence-corrected chi connectivity index (χ0v) is 16.7. The highest BCUT2D eigenvalue weighted by Crippen LogP contribution is 2.04. The first-order valence-corrected chi connectivity index (χ1v) is 9.44. The van der Waals surface area contributed by atoms with Gasteiger partial charge in [0, 0.05) is 30.5 Å². The summed E-state index contributed by atoms with van der Waals surface area (Å²) in [5.41, 5.74) is 5.64. The zero-order chi connectivity index (χ0) is 22.7. The Bertz CT molecular complexity index is 757. The number of imidazole rings is 1. The van der Waals surface area contributed by atoms with Crippen LogP contribution < -0.4 is 21.7 Å². The molecular formula is C16H24N6O7S. The lowest BCUT2D eigenvalue weighted by Crippen LogP contribution is -2.57. The van der Waals surface area contributed by atoms with Gasteiger partial charge in [-0.3, -0.25) is 19.2 Å². The number of carbonyl (C=O) groups excluding carboxylic acids is 3. The molecule has 0 aromatic carbocycles. The van der Waals surface area contributed by atoms with E-state index in [1.165, 1.54) is 12.5 Å². The highest BCUT2D eigenvalue weighted by atomic mass is 32.1. The molecule has 0 saturated heterocycles. The maximum atomic E-state index is 12.6. The van der Waals surface area contributed by atoms with E-state index in [4.69, 9.17) is 10.8 Å². The van der Waals surface area contributed by atoms with E-state index in [1.54, 1.807) is 0 Å². The number of nitrogens with zero attached hydrogens (tertiary/aromatic N) is 1. The number of thiol groups is 1. The summed E-state index contributed by atoms with van der Waals surface area (Å²) in [7, 11) is 0. The maximum Gasteiger partial charge on any atom is 0.326 e. The van der Waals surface area contributed by atoms with Crippen LogP contribution in [-0.2, 0) is 30.4 Å². The summed E-state index contributed by atoms with van der Waals surface area (Å²) in [5.74, 6) is -4.96. The van der Waals surface area contributed by atoms with Crippen molar-refractivity contribution in [3.63, 3.8) is 0 Å². The normalized spacial score (nSPS) is 13.5. The minimum Gasteiger partial charge on any atom is -0.481 e. The summed E-state index contributed by atoms with van der Waals surface area (Å²) in [5, 5.41) is 25.2. The number of nitrogens with two attached hydrogens (primary N) is 1. The molecule has 3 amide bonds. The molecule has 0 aliphatic rings. The number of amides is 3. The van der Waals surface area contributed by atoms with Crippen LogP contribution >= 0.6 is 12.6 Å². The fourth-order valence-corrected chi connectivity index (χ4v) is 2.60. The van der Waals surface area contributed by atoms with Gasteiger partial charge in [0.1, 0.15) is 18.1 Å². The van der Waals surface area contributed by atoms with Crippen molar-refractivity contribution in [2.45, 2.75) is 37.4 Å². The predicted molar refractivity (Wildman–Crippen MR) is 105 cm³/mol. The number of hydrogen-bond acceptors (Lipinski definition) is 8. The van der Waals surface area contributed by atoms with Gasteiger partial charge in [-0.2, -0.15) is 12.6 Å². The van der Waals surface area contributed by atoms with Crippen LogP contribution in [0.25, 0.3) is 0 Å². The molecule has 14 heteroatoms. The van der Waals surface area contributed by atoms with E-state index >= 15 is 0 Å². The molecule has 1 aromatic heterocycles. The molecule has 1 heterocycles. The highest BCUT2D eigenvalue weighted by molar-refractivity contribution is 7.80. The Labute approximate surface area is 176 Å². The van der Waals surface area contributed by atoms with Gasteiger partial charge in [0.05, 0.1) is 12.9 Å². The highest BCUT2D eigenvalue weighted by Gasteiger charge is 2.29. The number of carbonyl (C=O) groups is 5. The minimum absolute atomic E-state index is 0.105. The quantitative estimate of drug-likeness (QED) is 0.148. The van der Waals surface area contributed by atoms with Gasteiger partial charge in [0.2, 0.25) is 17.7 Å². The average molecular weight is 444 g/mol. The summed E-state index contributed by atoms with van der Waals surface area (Å²) in [6.07, 6.45) is 1.87. The fourth-order valence-electron chi connectivity index (χ4n) is 2.34. The molecule has 0 saturated carbocycles. The second-order valence-electron chi connectivity index (χ2n) is 6.18. The number of hydrogen-bond donors (Lipinski definition) is 8. The lowest BCUT2D eigenvalue weighted by atomic mass is 10.1. The van der Waals surface area contributed by atoms with E-state index in [9.17, 15) is 29.1 Å². The van der Waals surface area contributed by atoms with Crippen molar-refractivity contribution in [1.82, 2.24) is 25.9 Å². The summed E-state index contributed by atoms with van der Waals surface area (Å²) < 4.78 is 0. The van der Waals surface area contributed by atoms with Crippen LogP contribution in [0.2, 0.25) is 0 Å². The summed E-state index contributed by atoms with van der Waals surface area (Å²) in [4.78, 5) is 65.2. The van der Waals surface area contributed by atoms with E-state index in [-0.39, 0.29) is 25.1 Å². The maximum absolute atomic E-state index is 12.6. The van der Waals surface area contributed by atoms with Crippen LogP contribution in [0.3, 0.4) is 0 Å². The van der Waals surface area contributed by atoms with Crippen molar-refractivity contribution in [2.24, 2.45) is 5.73 Å². The number of nitrogens with one attached hydrogen (secondary N) is 4. The van der Waals surface area contributed by atoms with E-state index in [0.29, 0.717) is 5.69 Å². The molecule has 0 fully saturated rings. The SMILES string of the molecule is NCC(=O)NC(CS)C(=O)NC(CCC(=O)O)C(=O)NC(Cc1cnc[nH]1)C(=O)O. The molecule has 13 nitrogen and oxygen atoms in total. The van der Waals surface area contributed by atoms with E-state index < -0.39 is 54.2 Å². The number of carboxylic acids is 2. The molecule has 8 N–H and O–H groups in total. The number of aliphatic carboxylic acids is 2. The molecule has 0 aliphatic carbocycles. The van der Waals surface area contributed by atoms with Crippen LogP contribution in [0.15, 0.2) is 12.5 Å². The van der Waals surface area contributed by atoms with Crippen LogP contribution in [0, 0.1) is 0 Å². The van der Waals surface area contributed by atoms with Crippen molar-refractivity contribution in [2.75, 3.05) is 12.3 Å². The largest absolute Gasteiger partial charge is 0.481 e. The lowest BCUT2D eigenvalue weighted by Gasteiger charge is -2.23. The number of carboxylic acid groups (broad SMARTS) is 2. The standard InChI is InChI=1S/C16H24N6O7S/c17-4-12(23)20-11(6-30)15(27)21-9(1-2-13(24)25)14(26)22-10(16(28)29)3-8-5-18-7-19-8/h5,7,9-11,30H,1-4,6,17H2,(H,18,19)(H,20,23)(H,21,27)(H,22,26)(H,24,25)(H,28,29). The van der Waals surface area contributed by atoms with Gasteiger partial charge < -0.3 is 36.9 Å². The molecule has 3 unspecified atom stereocenters. The third-order valence-corrected chi connectivity index (χ3v) is 4.26. The Hall–Kier alpha value is -3.13. The molecule has 30 heavy (non-hydrogen) atoms. The van der Waals surface area contributed by atoms with E-state index in [2.05, 4.69) is 38.5 Å². The Morgan fingerprint density at radius 3 is 2.20 bits per heavy atom. The number of aromatic amines is 1. The number of aromatic nitrogens is 2. The fraction of sp³-hybridized carbons (Fsp3) is 0.500. The third kappa shape index (κ3) is 8.48. The van der Waals surface area contributed by atoms with Gasteiger partial charge in [-0.1, -0.05) is 0 Å². The zero-order valence-electron chi connectivity index (χ0n) is 15.8. The topological polar surface area (TPSA) is 217 Å².